The Kier molecular flexibility index (Phi) is 7.67. The number of phenolic OH excluding ortho intramolecular Hbond substituents is 1. The molecule has 3 aliphatic carbocycles. The molecule has 226 valence electrons. The number of carbonyl (C=O) groups is 5. The van der Waals surface area contributed by atoms with Gasteiger partial charge in [-0.1, -0.05) is 13.0 Å². The molecule has 0 aromatic heterocycles. The highest BCUT2D eigenvalue weighted by molar-refractivity contribution is 6.24. The Morgan fingerprint density at radius 2 is 1.76 bits per heavy atom. The number of aromatic hydroxyl groups is 1. The minimum absolute atomic E-state index is 0.201. The van der Waals surface area contributed by atoms with Crippen LogP contribution in [0.25, 0.3) is 5.76 Å². The van der Waals surface area contributed by atoms with E-state index < -0.39 is 99.3 Å². The van der Waals surface area contributed by atoms with Crippen molar-refractivity contribution >= 4 is 40.8 Å². The molecule has 42 heavy (non-hydrogen) atoms. The Morgan fingerprint density at radius 1 is 1.14 bits per heavy atom. The number of amides is 2. The van der Waals surface area contributed by atoms with Crippen LogP contribution < -0.4 is 16.8 Å². The SMILES string of the molecule is C[C@H]1c2ccc(NC(=O)[C@@H](N)CCC(=O)O)c(O)c2C(O)=C2C(=O)[C@]3(O)C(O)=C(C(N)=O)C(=O)[C@@H](N(C)C)C3[C@@H](O)C21. The predicted molar refractivity (Wildman–Crippen MR) is 144 cm³/mol. The number of aliphatic hydroxyl groups excluding tert-OH is 3. The summed E-state index contributed by atoms with van der Waals surface area (Å²) in [6, 6.07) is -0.0124. The number of nitrogens with zero attached hydrogens (tertiary/aromatic N) is 1. The number of aliphatic carboxylic acids is 1. The smallest absolute Gasteiger partial charge is 0.303 e. The van der Waals surface area contributed by atoms with Crippen molar-refractivity contribution in [2.45, 2.75) is 49.5 Å². The molecule has 0 saturated heterocycles. The highest BCUT2D eigenvalue weighted by atomic mass is 16.4. The second-order valence-electron chi connectivity index (χ2n) is 11.0. The lowest BCUT2D eigenvalue weighted by Crippen LogP contribution is -2.70. The van der Waals surface area contributed by atoms with Crippen LogP contribution in [0, 0.1) is 11.8 Å². The lowest BCUT2D eigenvalue weighted by Gasteiger charge is -2.53. The van der Waals surface area contributed by atoms with E-state index >= 15 is 0 Å². The molecule has 1 aromatic rings. The quantitative estimate of drug-likeness (QED) is 0.131. The maximum Gasteiger partial charge on any atom is 0.303 e. The number of nitrogens with one attached hydrogen (secondary N) is 1. The summed E-state index contributed by atoms with van der Waals surface area (Å²) in [4.78, 5) is 63.9. The summed E-state index contributed by atoms with van der Waals surface area (Å²) in [5, 5.41) is 67.8. The number of rotatable bonds is 7. The number of hydrogen-bond acceptors (Lipinski definition) is 12. The number of Topliss-reactive ketones (excluding diaryl/α,β-unsaturated/α-hetero) is 2. The van der Waals surface area contributed by atoms with Gasteiger partial charge in [-0.3, -0.25) is 28.9 Å². The summed E-state index contributed by atoms with van der Waals surface area (Å²) < 4.78 is 0. The third-order valence-electron chi connectivity index (χ3n) is 8.39. The molecule has 11 N–H and O–H groups in total. The van der Waals surface area contributed by atoms with E-state index in [-0.39, 0.29) is 29.7 Å². The van der Waals surface area contributed by atoms with Gasteiger partial charge < -0.3 is 47.4 Å². The highest BCUT2D eigenvalue weighted by Gasteiger charge is 2.68. The molecule has 2 amide bonds. The molecule has 0 bridgehead atoms. The number of anilines is 1. The van der Waals surface area contributed by atoms with Crippen LogP contribution in [0.4, 0.5) is 5.69 Å². The van der Waals surface area contributed by atoms with Gasteiger partial charge in [0.05, 0.1) is 35.4 Å². The molecule has 1 saturated carbocycles. The number of fused-ring (bicyclic) bond motifs is 3. The summed E-state index contributed by atoms with van der Waals surface area (Å²) in [7, 11) is 2.82. The van der Waals surface area contributed by atoms with E-state index in [0.29, 0.717) is 0 Å². The van der Waals surface area contributed by atoms with E-state index in [1.165, 1.54) is 31.1 Å². The molecule has 0 radical (unpaired) electrons. The molecule has 0 spiro atoms. The van der Waals surface area contributed by atoms with Crippen molar-refractivity contribution in [2.24, 2.45) is 23.3 Å². The molecular weight excluding hydrogens is 556 g/mol. The number of likely N-dealkylation sites (N-methyl/N-ethyl adjacent to an activating group) is 1. The number of primary amides is 1. The van der Waals surface area contributed by atoms with Crippen LogP contribution in [-0.4, -0.2) is 103 Å². The molecule has 4 rings (SSSR count). The second kappa shape index (κ2) is 10.5. The molecule has 2 unspecified atom stereocenters. The van der Waals surface area contributed by atoms with E-state index in [1.54, 1.807) is 6.92 Å². The fourth-order valence-corrected chi connectivity index (χ4v) is 6.35. The lowest BCUT2D eigenvalue weighted by atomic mass is 9.54. The lowest BCUT2D eigenvalue weighted by molar-refractivity contribution is -0.169. The van der Waals surface area contributed by atoms with Crippen molar-refractivity contribution in [2.75, 3.05) is 19.4 Å². The standard InChI is InChI=1S/C27H32N4O11/c1-8-9-4-6-11(30-26(41)10(28)5-7-12(32)33)19(34)14(9)20(35)15-13(8)21(36)17-18(31(2)3)22(37)16(25(29)40)24(39)27(17,42)23(15)38/h4,6,8,10,13,17-18,21,34-36,39,42H,5,7,28H2,1-3H3,(H2,29,40)(H,30,41)(H,32,33)/t8-,10-,13?,17?,18-,21-,27-/m0/s1. The molecule has 15 nitrogen and oxygen atoms in total. The van der Waals surface area contributed by atoms with Crippen LogP contribution in [0.2, 0.25) is 0 Å². The number of phenols is 1. The Labute approximate surface area is 238 Å². The van der Waals surface area contributed by atoms with Crippen LogP contribution in [0.3, 0.4) is 0 Å². The van der Waals surface area contributed by atoms with Crippen molar-refractivity contribution in [3.8, 4) is 5.75 Å². The average Bonchev–Trinajstić information content (AvgIpc) is 2.90. The van der Waals surface area contributed by atoms with Crippen molar-refractivity contribution in [1.29, 1.82) is 0 Å². The number of carbonyl (C=O) groups excluding carboxylic acids is 4. The summed E-state index contributed by atoms with van der Waals surface area (Å²) in [5.41, 5.74) is 6.05. The fourth-order valence-electron chi connectivity index (χ4n) is 6.35. The van der Waals surface area contributed by atoms with Crippen LogP contribution >= 0.6 is 0 Å². The largest absolute Gasteiger partial charge is 0.508 e. The third kappa shape index (κ3) is 4.32. The summed E-state index contributed by atoms with van der Waals surface area (Å²) in [6.45, 7) is 1.57. The van der Waals surface area contributed by atoms with E-state index in [4.69, 9.17) is 16.6 Å². The van der Waals surface area contributed by atoms with Crippen molar-refractivity contribution in [1.82, 2.24) is 4.90 Å². The first-order valence-electron chi connectivity index (χ1n) is 12.9. The van der Waals surface area contributed by atoms with Gasteiger partial charge in [-0.05, 0) is 38.1 Å². The number of nitrogens with two attached hydrogens (primary N) is 2. The Morgan fingerprint density at radius 3 is 2.31 bits per heavy atom. The molecule has 0 aliphatic heterocycles. The molecule has 7 atom stereocenters. The number of hydrogen-bond donors (Lipinski definition) is 9. The minimum Gasteiger partial charge on any atom is -0.508 e. The number of ketones is 2. The van der Waals surface area contributed by atoms with E-state index in [9.17, 15) is 49.5 Å². The number of carboxylic acids is 1. The number of aliphatic hydroxyl groups is 4. The van der Waals surface area contributed by atoms with Crippen molar-refractivity contribution < 1.29 is 54.6 Å². The first-order valence-corrected chi connectivity index (χ1v) is 12.9. The summed E-state index contributed by atoms with van der Waals surface area (Å²) >= 11 is 0. The molecule has 3 aliphatic rings. The molecule has 1 aromatic carbocycles. The van der Waals surface area contributed by atoms with E-state index in [0.717, 1.165) is 0 Å². The zero-order valence-electron chi connectivity index (χ0n) is 22.9. The van der Waals surface area contributed by atoms with Crippen LogP contribution in [0.5, 0.6) is 5.75 Å². The van der Waals surface area contributed by atoms with Crippen molar-refractivity contribution in [3.63, 3.8) is 0 Å². The maximum atomic E-state index is 14.0. The number of carboxylic acid groups (broad SMARTS) is 1. The molecular formula is C27H32N4O11. The first-order chi connectivity index (χ1) is 19.5. The zero-order valence-corrected chi connectivity index (χ0v) is 22.9. The molecule has 15 heteroatoms. The van der Waals surface area contributed by atoms with Gasteiger partial charge in [0.15, 0.2) is 11.4 Å². The van der Waals surface area contributed by atoms with Crippen LogP contribution in [0.15, 0.2) is 29.0 Å². The topological polar surface area (TPSA) is 274 Å². The Bertz CT molecular complexity index is 1480. The molecule has 1 fully saturated rings. The van der Waals surface area contributed by atoms with Gasteiger partial charge >= 0.3 is 5.97 Å². The van der Waals surface area contributed by atoms with Crippen LogP contribution in [0.1, 0.15) is 36.8 Å². The number of benzene rings is 1. The average molecular weight is 589 g/mol. The van der Waals surface area contributed by atoms with Gasteiger partial charge in [0.1, 0.15) is 22.8 Å². The van der Waals surface area contributed by atoms with Gasteiger partial charge in [0, 0.05) is 17.9 Å². The summed E-state index contributed by atoms with van der Waals surface area (Å²) in [5.74, 6) is -12.4. The van der Waals surface area contributed by atoms with E-state index in [1.807, 2.05) is 0 Å². The van der Waals surface area contributed by atoms with Gasteiger partial charge in [0.2, 0.25) is 11.7 Å². The van der Waals surface area contributed by atoms with E-state index in [2.05, 4.69) is 5.32 Å². The maximum absolute atomic E-state index is 14.0. The fraction of sp³-hybridized carbons (Fsp3) is 0.444. The Balaban J connectivity index is 1.87. The predicted octanol–water partition coefficient (Wildman–Crippen LogP) is -1.37. The van der Waals surface area contributed by atoms with Gasteiger partial charge in [-0.25, -0.2) is 0 Å². The summed E-state index contributed by atoms with van der Waals surface area (Å²) in [6.07, 6.45) is -2.33. The minimum atomic E-state index is -3.05. The highest BCUT2D eigenvalue weighted by Crippen LogP contribution is 2.56. The monoisotopic (exact) mass is 588 g/mol. The third-order valence-corrected chi connectivity index (χ3v) is 8.39. The normalized spacial score (nSPS) is 29.5. The zero-order chi connectivity index (χ0) is 31.6. The van der Waals surface area contributed by atoms with Gasteiger partial charge in [-0.2, -0.15) is 0 Å². The molecule has 0 heterocycles. The van der Waals surface area contributed by atoms with Crippen molar-refractivity contribution in [3.05, 3.63) is 40.2 Å². The Hall–Kier alpha value is -4.31. The second-order valence-corrected chi connectivity index (χ2v) is 11.0. The van der Waals surface area contributed by atoms with Gasteiger partial charge in [0.25, 0.3) is 5.91 Å². The van der Waals surface area contributed by atoms with Crippen LogP contribution in [-0.2, 0) is 24.0 Å². The first kappa shape index (κ1) is 30.6. The van der Waals surface area contributed by atoms with Gasteiger partial charge in [-0.15, -0.1) is 0 Å².